The molecule has 1 unspecified atom stereocenters. The van der Waals surface area contributed by atoms with Crippen molar-refractivity contribution < 1.29 is 4.79 Å². The van der Waals surface area contributed by atoms with Crippen molar-refractivity contribution in [2.45, 2.75) is 33.4 Å². The lowest BCUT2D eigenvalue weighted by molar-refractivity contribution is 0.0663. The van der Waals surface area contributed by atoms with Crippen molar-refractivity contribution >= 4 is 16.8 Å². The molecule has 37 heavy (non-hydrogen) atoms. The highest BCUT2D eigenvalue weighted by molar-refractivity contribution is 5.96. The zero-order chi connectivity index (χ0) is 25.9. The van der Waals surface area contributed by atoms with E-state index in [0.717, 1.165) is 22.4 Å². The maximum Gasteiger partial charge on any atom is 0.266 e. The van der Waals surface area contributed by atoms with E-state index in [1.165, 1.54) is 0 Å². The fraction of sp³-hybridized carbons (Fsp3) is 0.156. The first kappa shape index (κ1) is 24.2. The molecular formula is C32H29N3O2. The summed E-state index contributed by atoms with van der Waals surface area (Å²) in [6.07, 6.45) is 0. The molecule has 5 heteroatoms. The van der Waals surface area contributed by atoms with Crippen molar-refractivity contribution in [3.05, 3.63) is 142 Å². The molecule has 1 aromatic heterocycles. The molecule has 0 aliphatic carbocycles. The third kappa shape index (κ3) is 4.81. The van der Waals surface area contributed by atoms with E-state index in [-0.39, 0.29) is 11.5 Å². The molecule has 5 aromatic rings. The highest BCUT2D eigenvalue weighted by Crippen LogP contribution is 2.27. The molecule has 0 spiro atoms. The largest absolute Gasteiger partial charge is 0.324 e. The van der Waals surface area contributed by atoms with Gasteiger partial charge in [-0.15, -0.1) is 0 Å². The van der Waals surface area contributed by atoms with Crippen LogP contribution in [0.4, 0.5) is 0 Å². The second kappa shape index (κ2) is 10.2. The van der Waals surface area contributed by atoms with Gasteiger partial charge >= 0.3 is 0 Å². The van der Waals surface area contributed by atoms with E-state index >= 15 is 0 Å². The summed E-state index contributed by atoms with van der Waals surface area (Å²) < 4.78 is 1.66. The Kier molecular flexibility index (Phi) is 6.69. The highest BCUT2D eigenvalue weighted by Gasteiger charge is 2.28. The normalized spacial score (nSPS) is 11.9. The number of para-hydroxylation sites is 1. The van der Waals surface area contributed by atoms with E-state index in [1.54, 1.807) is 15.5 Å². The van der Waals surface area contributed by atoms with Gasteiger partial charge in [0, 0.05) is 12.1 Å². The van der Waals surface area contributed by atoms with Crippen LogP contribution in [0, 0.1) is 13.8 Å². The minimum atomic E-state index is -0.495. The van der Waals surface area contributed by atoms with Crippen LogP contribution in [0.5, 0.6) is 0 Å². The van der Waals surface area contributed by atoms with E-state index in [2.05, 4.69) is 0 Å². The molecule has 5 rings (SSSR count). The van der Waals surface area contributed by atoms with Crippen molar-refractivity contribution in [1.29, 1.82) is 0 Å². The van der Waals surface area contributed by atoms with E-state index in [9.17, 15) is 9.59 Å². The Bertz CT molecular complexity index is 1640. The fourth-order valence-corrected chi connectivity index (χ4v) is 4.72. The number of aryl methyl sites for hydroxylation is 2. The van der Waals surface area contributed by atoms with Gasteiger partial charge in [-0.05, 0) is 67.8 Å². The summed E-state index contributed by atoms with van der Waals surface area (Å²) in [6.45, 7) is 6.26. The number of aromatic nitrogens is 2. The minimum absolute atomic E-state index is 0.104. The number of nitrogens with zero attached hydrogens (tertiary/aromatic N) is 3. The van der Waals surface area contributed by atoms with Gasteiger partial charge in [0.1, 0.15) is 5.82 Å². The summed E-state index contributed by atoms with van der Waals surface area (Å²) in [7, 11) is 0. The van der Waals surface area contributed by atoms with Crippen LogP contribution in [-0.4, -0.2) is 20.4 Å². The Morgan fingerprint density at radius 3 is 2.32 bits per heavy atom. The van der Waals surface area contributed by atoms with Gasteiger partial charge in [-0.25, -0.2) is 4.98 Å². The molecule has 0 saturated heterocycles. The standard InChI is InChI=1S/C32H29N3O2/c1-22-12-11-16-26(20-22)35-30(33-29-19-10-9-18-28(29)32(35)37)24(3)34(21-25-14-5-4-6-15-25)31(36)27-17-8-7-13-23(27)2/h4-20,24H,21H2,1-3H3. The summed E-state index contributed by atoms with van der Waals surface area (Å²) in [6, 6.07) is 32.2. The lowest BCUT2D eigenvalue weighted by Gasteiger charge is -2.31. The van der Waals surface area contributed by atoms with Crippen molar-refractivity contribution in [2.75, 3.05) is 0 Å². The molecule has 0 aliphatic rings. The first-order chi connectivity index (χ1) is 17.9. The van der Waals surface area contributed by atoms with Crippen LogP contribution in [0.25, 0.3) is 16.6 Å². The number of fused-ring (bicyclic) bond motifs is 1. The quantitative estimate of drug-likeness (QED) is 0.278. The Morgan fingerprint density at radius 2 is 1.57 bits per heavy atom. The Hall–Kier alpha value is -4.51. The zero-order valence-electron chi connectivity index (χ0n) is 21.3. The monoisotopic (exact) mass is 487 g/mol. The number of hydrogen-bond donors (Lipinski definition) is 0. The molecule has 0 radical (unpaired) electrons. The minimum Gasteiger partial charge on any atom is -0.324 e. The van der Waals surface area contributed by atoms with Gasteiger partial charge in [0.2, 0.25) is 0 Å². The molecule has 184 valence electrons. The average molecular weight is 488 g/mol. The van der Waals surface area contributed by atoms with Gasteiger partial charge in [0.05, 0.1) is 22.6 Å². The van der Waals surface area contributed by atoms with E-state index < -0.39 is 6.04 Å². The second-order valence-electron chi connectivity index (χ2n) is 9.38. The van der Waals surface area contributed by atoms with Crippen LogP contribution in [0.3, 0.4) is 0 Å². The number of carbonyl (C=O) groups is 1. The number of benzene rings is 4. The molecule has 1 heterocycles. The number of hydrogen-bond acceptors (Lipinski definition) is 3. The molecule has 1 atom stereocenters. The molecule has 0 N–H and O–H groups in total. The Balaban J connectivity index is 1.72. The van der Waals surface area contributed by atoms with Crippen LogP contribution < -0.4 is 5.56 Å². The summed E-state index contributed by atoms with van der Waals surface area (Å²) in [5.41, 5.74) is 4.76. The van der Waals surface area contributed by atoms with Gasteiger partial charge in [-0.3, -0.25) is 14.2 Å². The predicted octanol–water partition coefficient (Wildman–Crippen LogP) is 6.41. The first-order valence-corrected chi connectivity index (χ1v) is 12.4. The maximum atomic E-state index is 14.0. The molecule has 0 fully saturated rings. The van der Waals surface area contributed by atoms with Gasteiger partial charge in [-0.1, -0.05) is 72.8 Å². The van der Waals surface area contributed by atoms with Crippen LogP contribution in [0.1, 0.15) is 45.8 Å². The molecule has 0 saturated carbocycles. The summed E-state index contributed by atoms with van der Waals surface area (Å²) in [5, 5.41) is 0.541. The Labute approximate surface area is 216 Å². The molecule has 0 bridgehead atoms. The van der Waals surface area contributed by atoms with E-state index in [4.69, 9.17) is 4.98 Å². The van der Waals surface area contributed by atoms with Crippen molar-refractivity contribution in [1.82, 2.24) is 14.5 Å². The SMILES string of the molecule is Cc1cccc(-n2c(C(C)N(Cc3ccccc3)C(=O)c3ccccc3C)nc3ccccc3c2=O)c1. The molecule has 1 amide bonds. The van der Waals surface area contributed by atoms with Crippen LogP contribution in [-0.2, 0) is 6.54 Å². The van der Waals surface area contributed by atoms with Crippen molar-refractivity contribution in [2.24, 2.45) is 0 Å². The Morgan fingerprint density at radius 1 is 0.865 bits per heavy atom. The molecular weight excluding hydrogens is 458 g/mol. The van der Waals surface area contributed by atoms with E-state index in [0.29, 0.717) is 28.8 Å². The molecule has 0 aliphatic heterocycles. The third-order valence-electron chi connectivity index (χ3n) is 6.73. The predicted molar refractivity (Wildman–Crippen MR) is 148 cm³/mol. The molecule has 5 nitrogen and oxygen atoms in total. The van der Waals surface area contributed by atoms with E-state index in [1.807, 2.05) is 118 Å². The van der Waals surface area contributed by atoms with Gasteiger partial charge in [-0.2, -0.15) is 0 Å². The average Bonchev–Trinajstić information content (AvgIpc) is 2.92. The van der Waals surface area contributed by atoms with Crippen molar-refractivity contribution in [3.63, 3.8) is 0 Å². The summed E-state index contributed by atoms with van der Waals surface area (Å²) >= 11 is 0. The topological polar surface area (TPSA) is 55.2 Å². The summed E-state index contributed by atoms with van der Waals surface area (Å²) in [5.74, 6) is 0.416. The number of carbonyl (C=O) groups excluding carboxylic acids is 1. The van der Waals surface area contributed by atoms with Gasteiger partial charge in [0.15, 0.2) is 0 Å². The zero-order valence-corrected chi connectivity index (χ0v) is 21.3. The van der Waals surface area contributed by atoms with Crippen molar-refractivity contribution in [3.8, 4) is 5.69 Å². The van der Waals surface area contributed by atoms with Crippen LogP contribution in [0.15, 0.2) is 108 Å². The highest BCUT2D eigenvalue weighted by atomic mass is 16.2. The maximum absolute atomic E-state index is 14.0. The summed E-state index contributed by atoms with van der Waals surface area (Å²) in [4.78, 5) is 34.7. The lowest BCUT2D eigenvalue weighted by Crippen LogP contribution is -2.37. The second-order valence-corrected chi connectivity index (χ2v) is 9.38. The number of rotatable bonds is 6. The number of amides is 1. The lowest BCUT2D eigenvalue weighted by atomic mass is 10.1. The van der Waals surface area contributed by atoms with Gasteiger partial charge < -0.3 is 4.90 Å². The smallest absolute Gasteiger partial charge is 0.266 e. The molecule has 4 aromatic carbocycles. The first-order valence-electron chi connectivity index (χ1n) is 12.4. The van der Waals surface area contributed by atoms with Gasteiger partial charge in [0.25, 0.3) is 11.5 Å². The fourth-order valence-electron chi connectivity index (χ4n) is 4.72. The van der Waals surface area contributed by atoms with Crippen LogP contribution in [0.2, 0.25) is 0 Å². The van der Waals surface area contributed by atoms with Crippen LogP contribution >= 0.6 is 0 Å². The third-order valence-corrected chi connectivity index (χ3v) is 6.73.